The lowest BCUT2D eigenvalue weighted by Crippen LogP contribution is -2.51. The van der Waals surface area contributed by atoms with Crippen LogP contribution in [0.5, 0.6) is 0 Å². The van der Waals surface area contributed by atoms with Gasteiger partial charge in [0.2, 0.25) is 0 Å². The van der Waals surface area contributed by atoms with E-state index in [0.717, 1.165) is 39.1 Å². The first-order chi connectivity index (χ1) is 9.07. The molecule has 5 heteroatoms. The minimum atomic E-state index is 0.0503. The van der Waals surface area contributed by atoms with E-state index in [0.29, 0.717) is 0 Å². The molecule has 108 valence electrons. The summed E-state index contributed by atoms with van der Waals surface area (Å²) in [7, 11) is 3.94. The number of piperidine rings is 1. The lowest BCUT2D eigenvalue weighted by molar-refractivity contribution is 0.134. The standard InChI is InChI=1S/C14H25N3OS/c1-11-12(2)19-13(16-11)14(15-7-10-18-4)5-8-17(3)9-6-14/h15H,5-10H2,1-4H3. The molecule has 0 saturated carbocycles. The molecule has 1 saturated heterocycles. The van der Waals surface area contributed by atoms with Crippen LogP contribution in [0.1, 0.15) is 28.4 Å². The van der Waals surface area contributed by atoms with Gasteiger partial charge in [-0.1, -0.05) is 0 Å². The monoisotopic (exact) mass is 283 g/mol. The number of aryl methyl sites for hydroxylation is 2. The molecule has 2 heterocycles. The third kappa shape index (κ3) is 3.34. The summed E-state index contributed by atoms with van der Waals surface area (Å²) in [6, 6.07) is 0. The Hall–Kier alpha value is -0.490. The summed E-state index contributed by atoms with van der Waals surface area (Å²) in [4.78, 5) is 8.53. The van der Waals surface area contributed by atoms with Gasteiger partial charge in [-0.3, -0.25) is 0 Å². The first kappa shape index (κ1) is 14.9. The molecule has 0 spiro atoms. The predicted octanol–water partition coefficient (Wildman–Crippen LogP) is 1.92. The van der Waals surface area contributed by atoms with Gasteiger partial charge in [-0.15, -0.1) is 11.3 Å². The molecule has 4 nitrogen and oxygen atoms in total. The zero-order chi connectivity index (χ0) is 13.9. The molecular formula is C14H25N3OS. The molecule has 1 aliphatic heterocycles. The second-order valence-electron chi connectivity index (χ2n) is 5.47. The van der Waals surface area contributed by atoms with Crippen molar-refractivity contribution >= 4 is 11.3 Å². The number of nitrogens with one attached hydrogen (secondary N) is 1. The van der Waals surface area contributed by atoms with Crippen molar-refractivity contribution in [2.75, 3.05) is 40.4 Å². The molecule has 19 heavy (non-hydrogen) atoms. The number of methoxy groups -OCH3 is 1. The van der Waals surface area contributed by atoms with Gasteiger partial charge in [0, 0.05) is 31.6 Å². The summed E-state index contributed by atoms with van der Waals surface area (Å²) >= 11 is 1.85. The van der Waals surface area contributed by atoms with Crippen LogP contribution in [0.3, 0.4) is 0 Å². The van der Waals surface area contributed by atoms with Crippen molar-refractivity contribution in [3.8, 4) is 0 Å². The van der Waals surface area contributed by atoms with Crippen LogP contribution in [0, 0.1) is 13.8 Å². The molecule has 0 aromatic carbocycles. The smallest absolute Gasteiger partial charge is 0.113 e. The van der Waals surface area contributed by atoms with E-state index in [4.69, 9.17) is 9.72 Å². The van der Waals surface area contributed by atoms with Crippen LogP contribution in [0.15, 0.2) is 0 Å². The fraction of sp³-hybridized carbons (Fsp3) is 0.786. The summed E-state index contributed by atoms with van der Waals surface area (Å²) < 4.78 is 5.17. The van der Waals surface area contributed by atoms with Crippen molar-refractivity contribution in [2.45, 2.75) is 32.2 Å². The van der Waals surface area contributed by atoms with Gasteiger partial charge >= 0.3 is 0 Å². The van der Waals surface area contributed by atoms with Gasteiger partial charge in [-0.05, 0) is 33.7 Å². The Morgan fingerprint density at radius 1 is 1.37 bits per heavy atom. The van der Waals surface area contributed by atoms with E-state index in [-0.39, 0.29) is 5.54 Å². The first-order valence-corrected chi connectivity index (χ1v) is 7.76. The van der Waals surface area contributed by atoms with Gasteiger partial charge in [0.15, 0.2) is 0 Å². The van der Waals surface area contributed by atoms with Gasteiger partial charge in [0.25, 0.3) is 0 Å². The highest BCUT2D eigenvalue weighted by molar-refractivity contribution is 7.11. The van der Waals surface area contributed by atoms with Crippen LogP contribution in [0.2, 0.25) is 0 Å². The Morgan fingerprint density at radius 3 is 2.58 bits per heavy atom. The van der Waals surface area contributed by atoms with E-state index in [2.05, 4.69) is 31.1 Å². The van der Waals surface area contributed by atoms with E-state index in [1.165, 1.54) is 15.6 Å². The van der Waals surface area contributed by atoms with Crippen molar-refractivity contribution in [3.63, 3.8) is 0 Å². The van der Waals surface area contributed by atoms with E-state index >= 15 is 0 Å². The summed E-state index contributed by atoms with van der Waals surface area (Å²) in [5.41, 5.74) is 1.22. The zero-order valence-corrected chi connectivity index (χ0v) is 13.3. The molecule has 2 rings (SSSR count). The molecule has 0 radical (unpaired) electrons. The zero-order valence-electron chi connectivity index (χ0n) is 12.5. The number of hydrogen-bond acceptors (Lipinski definition) is 5. The fourth-order valence-corrected chi connectivity index (χ4v) is 3.67. The number of aromatic nitrogens is 1. The molecule has 0 bridgehead atoms. The average Bonchev–Trinajstić information content (AvgIpc) is 2.73. The summed E-state index contributed by atoms with van der Waals surface area (Å²) in [5.74, 6) is 0. The van der Waals surface area contributed by atoms with Crippen LogP contribution in [0.4, 0.5) is 0 Å². The summed E-state index contributed by atoms with van der Waals surface area (Å²) in [5, 5.41) is 4.97. The number of ether oxygens (including phenoxy) is 1. The van der Waals surface area contributed by atoms with E-state index in [1.54, 1.807) is 7.11 Å². The molecule has 0 unspecified atom stereocenters. The minimum Gasteiger partial charge on any atom is -0.383 e. The van der Waals surface area contributed by atoms with E-state index in [1.807, 2.05) is 11.3 Å². The number of nitrogens with zero attached hydrogens (tertiary/aromatic N) is 2. The Morgan fingerprint density at radius 2 is 2.05 bits per heavy atom. The van der Waals surface area contributed by atoms with Crippen LogP contribution in [0.25, 0.3) is 0 Å². The van der Waals surface area contributed by atoms with Crippen molar-refractivity contribution in [3.05, 3.63) is 15.6 Å². The van der Waals surface area contributed by atoms with Crippen molar-refractivity contribution in [1.82, 2.24) is 15.2 Å². The predicted molar refractivity (Wildman–Crippen MR) is 79.9 cm³/mol. The van der Waals surface area contributed by atoms with Crippen LogP contribution in [-0.4, -0.2) is 50.3 Å². The molecule has 0 atom stereocenters. The van der Waals surface area contributed by atoms with E-state index < -0.39 is 0 Å². The number of hydrogen-bond donors (Lipinski definition) is 1. The Kier molecular flexibility index (Phi) is 4.95. The van der Waals surface area contributed by atoms with Crippen molar-refractivity contribution < 1.29 is 4.74 Å². The Bertz CT molecular complexity index is 391. The van der Waals surface area contributed by atoms with Gasteiger partial charge in [0.05, 0.1) is 17.8 Å². The minimum absolute atomic E-state index is 0.0503. The van der Waals surface area contributed by atoms with Crippen LogP contribution in [-0.2, 0) is 10.3 Å². The molecule has 1 aliphatic rings. The van der Waals surface area contributed by atoms with Crippen LogP contribution >= 0.6 is 11.3 Å². The molecule has 1 fully saturated rings. The quantitative estimate of drug-likeness (QED) is 0.838. The van der Waals surface area contributed by atoms with Crippen LogP contribution < -0.4 is 5.32 Å². The summed E-state index contributed by atoms with van der Waals surface area (Å²) in [6.07, 6.45) is 2.25. The highest BCUT2D eigenvalue weighted by Gasteiger charge is 2.37. The van der Waals surface area contributed by atoms with Crippen molar-refractivity contribution in [2.24, 2.45) is 0 Å². The second kappa shape index (κ2) is 6.31. The normalized spacial score (nSPS) is 19.8. The molecular weight excluding hydrogens is 258 g/mol. The molecule has 0 amide bonds. The molecule has 1 aromatic heterocycles. The summed E-state index contributed by atoms with van der Waals surface area (Å²) in [6.45, 7) is 8.15. The Labute approximate surface area is 120 Å². The van der Waals surface area contributed by atoms with Gasteiger partial charge in [-0.25, -0.2) is 4.98 Å². The maximum Gasteiger partial charge on any atom is 0.113 e. The average molecular weight is 283 g/mol. The number of thiazole rings is 1. The number of rotatable bonds is 5. The second-order valence-corrected chi connectivity index (χ2v) is 6.67. The molecule has 0 aliphatic carbocycles. The molecule has 1 N–H and O–H groups in total. The lowest BCUT2D eigenvalue weighted by atomic mass is 9.88. The highest BCUT2D eigenvalue weighted by Crippen LogP contribution is 2.36. The third-order valence-electron chi connectivity index (χ3n) is 4.05. The number of likely N-dealkylation sites (tertiary alicyclic amines) is 1. The maximum absolute atomic E-state index is 5.17. The van der Waals surface area contributed by atoms with Gasteiger partial charge in [-0.2, -0.15) is 0 Å². The third-order valence-corrected chi connectivity index (χ3v) is 5.33. The first-order valence-electron chi connectivity index (χ1n) is 6.94. The highest BCUT2D eigenvalue weighted by atomic mass is 32.1. The largest absolute Gasteiger partial charge is 0.383 e. The topological polar surface area (TPSA) is 37.4 Å². The lowest BCUT2D eigenvalue weighted by Gasteiger charge is -2.40. The SMILES string of the molecule is COCCNC1(c2nc(C)c(C)s2)CCN(C)CC1. The van der Waals surface area contributed by atoms with Gasteiger partial charge < -0.3 is 15.0 Å². The van der Waals surface area contributed by atoms with Gasteiger partial charge in [0.1, 0.15) is 5.01 Å². The Balaban J connectivity index is 2.18. The fourth-order valence-electron chi connectivity index (χ4n) is 2.54. The maximum atomic E-state index is 5.17. The van der Waals surface area contributed by atoms with Crippen molar-refractivity contribution in [1.29, 1.82) is 0 Å². The molecule has 1 aromatic rings. The van der Waals surface area contributed by atoms with E-state index in [9.17, 15) is 0 Å².